The number of anilines is 1. The van der Waals surface area contributed by atoms with E-state index in [1.165, 1.54) is 0 Å². The van der Waals surface area contributed by atoms with Crippen molar-refractivity contribution >= 4 is 11.6 Å². The molecule has 3 heterocycles. The third kappa shape index (κ3) is 4.65. The third-order valence-electron chi connectivity index (χ3n) is 7.09. The molecule has 3 saturated heterocycles. The molecule has 0 spiro atoms. The Morgan fingerprint density at radius 2 is 1.53 bits per heavy atom. The third-order valence-corrected chi connectivity index (χ3v) is 7.09. The summed E-state index contributed by atoms with van der Waals surface area (Å²) in [7, 11) is 1.61. The molecule has 0 saturated carbocycles. The van der Waals surface area contributed by atoms with Crippen molar-refractivity contribution in [2.45, 2.75) is 63.0 Å². The first kappa shape index (κ1) is 24.9. The molecule has 3 aromatic carbocycles. The topological polar surface area (TPSA) is 75.7 Å². The van der Waals surface area contributed by atoms with Crippen LogP contribution in [-0.4, -0.2) is 55.6 Å². The molecule has 1 amide bonds. The van der Waals surface area contributed by atoms with E-state index in [0.717, 1.165) is 11.3 Å². The number of hydrogen-bond acceptors (Lipinski definition) is 7. The van der Waals surface area contributed by atoms with Crippen molar-refractivity contribution in [2.24, 2.45) is 0 Å². The molecule has 8 heteroatoms. The summed E-state index contributed by atoms with van der Waals surface area (Å²) >= 11 is 0. The Morgan fingerprint density at radius 1 is 0.842 bits per heavy atom. The number of rotatable bonds is 8. The van der Waals surface area contributed by atoms with Crippen molar-refractivity contribution in [3.63, 3.8) is 0 Å². The van der Waals surface area contributed by atoms with Gasteiger partial charge in [-0.25, -0.2) is 0 Å². The van der Waals surface area contributed by atoms with E-state index in [0.29, 0.717) is 18.1 Å². The highest BCUT2D eigenvalue weighted by molar-refractivity contribution is 6.05. The summed E-state index contributed by atoms with van der Waals surface area (Å²) in [5, 5.41) is 0. The largest absolute Gasteiger partial charge is 0.497 e. The molecule has 8 nitrogen and oxygen atoms in total. The quantitative estimate of drug-likeness (QED) is 0.412. The molecular formula is C30H31NO7. The smallest absolute Gasteiger partial charge is 0.270 e. The zero-order chi connectivity index (χ0) is 26.3. The normalized spacial score (nSPS) is 29.6. The van der Waals surface area contributed by atoms with Crippen molar-refractivity contribution in [3.05, 3.63) is 90.5 Å². The van der Waals surface area contributed by atoms with E-state index >= 15 is 0 Å². The SMILES string of the molecule is COc1ccc(N2C(=O)C(Oc3ccccc3)C2C2OC3OC(C)(C)OC3C2OCc2ccccc2)cc1. The highest BCUT2D eigenvalue weighted by Crippen LogP contribution is 2.45. The Morgan fingerprint density at radius 3 is 2.21 bits per heavy atom. The van der Waals surface area contributed by atoms with Gasteiger partial charge in [-0.05, 0) is 55.8 Å². The second-order valence-electron chi connectivity index (χ2n) is 10.1. The Kier molecular flexibility index (Phi) is 6.57. The van der Waals surface area contributed by atoms with Gasteiger partial charge in [0.25, 0.3) is 5.91 Å². The standard InChI is InChI=1S/C30H31NO7/c1-30(2)37-27-26(34-18-19-10-6-4-7-11-19)24(36-29(27)38-30)23-25(35-22-12-8-5-9-13-22)28(32)31(23)20-14-16-21(33-3)17-15-20/h4-17,23-27,29H,18H2,1-3H3. The molecule has 6 unspecified atom stereocenters. The highest BCUT2D eigenvalue weighted by Gasteiger charge is 2.64. The lowest BCUT2D eigenvalue weighted by Gasteiger charge is -2.49. The summed E-state index contributed by atoms with van der Waals surface area (Å²) in [6, 6.07) is 26.2. The number of ether oxygens (including phenoxy) is 6. The van der Waals surface area contributed by atoms with Gasteiger partial charge in [-0.2, -0.15) is 0 Å². The predicted molar refractivity (Wildman–Crippen MR) is 139 cm³/mol. The van der Waals surface area contributed by atoms with E-state index in [2.05, 4.69) is 0 Å². The van der Waals surface area contributed by atoms with E-state index in [1.54, 1.807) is 12.0 Å². The molecule has 198 valence electrons. The zero-order valence-electron chi connectivity index (χ0n) is 21.6. The molecule has 0 aromatic heterocycles. The maximum atomic E-state index is 13.5. The van der Waals surface area contributed by atoms with Crippen molar-refractivity contribution < 1.29 is 33.2 Å². The van der Waals surface area contributed by atoms with Gasteiger partial charge in [-0.3, -0.25) is 9.69 Å². The van der Waals surface area contributed by atoms with Gasteiger partial charge in [0.05, 0.1) is 13.7 Å². The van der Waals surface area contributed by atoms with Crippen molar-refractivity contribution in [1.29, 1.82) is 0 Å². The molecule has 6 atom stereocenters. The van der Waals surface area contributed by atoms with E-state index in [-0.39, 0.29) is 5.91 Å². The van der Waals surface area contributed by atoms with Gasteiger partial charge in [-0.1, -0.05) is 48.5 Å². The van der Waals surface area contributed by atoms with Crippen LogP contribution in [0.1, 0.15) is 19.4 Å². The molecule has 3 aliphatic rings. The second-order valence-corrected chi connectivity index (χ2v) is 10.1. The number of methoxy groups -OCH3 is 1. The fourth-order valence-corrected chi connectivity index (χ4v) is 5.35. The average molecular weight is 518 g/mol. The van der Waals surface area contributed by atoms with E-state index in [9.17, 15) is 4.79 Å². The van der Waals surface area contributed by atoms with Crippen LogP contribution in [0.25, 0.3) is 0 Å². The summed E-state index contributed by atoms with van der Waals surface area (Å²) in [5.74, 6) is 0.349. The number of para-hydroxylation sites is 1. The van der Waals surface area contributed by atoms with Crippen LogP contribution in [0.5, 0.6) is 11.5 Å². The Bertz CT molecular complexity index is 1250. The lowest BCUT2D eigenvalue weighted by Crippen LogP contribution is -2.73. The fourth-order valence-electron chi connectivity index (χ4n) is 5.35. The molecule has 38 heavy (non-hydrogen) atoms. The second kappa shape index (κ2) is 10.0. The van der Waals surface area contributed by atoms with Crippen LogP contribution >= 0.6 is 0 Å². The molecule has 3 aromatic rings. The number of carbonyl (C=O) groups excluding carboxylic acids is 1. The lowest BCUT2D eigenvalue weighted by molar-refractivity contribution is -0.226. The molecule has 3 fully saturated rings. The first-order chi connectivity index (χ1) is 18.4. The molecule has 0 aliphatic carbocycles. The van der Waals surface area contributed by atoms with Gasteiger partial charge in [0, 0.05) is 5.69 Å². The van der Waals surface area contributed by atoms with Crippen molar-refractivity contribution in [3.8, 4) is 11.5 Å². The number of β-lactam (4-membered cyclic amide) rings is 1. The van der Waals surface area contributed by atoms with Crippen LogP contribution in [0.3, 0.4) is 0 Å². The summed E-state index contributed by atoms with van der Waals surface area (Å²) < 4.78 is 36.8. The average Bonchev–Trinajstić information content (AvgIpc) is 3.41. The predicted octanol–water partition coefficient (Wildman–Crippen LogP) is 4.32. The number of carbonyl (C=O) groups is 1. The van der Waals surface area contributed by atoms with E-state index in [1.807, 2.05) is 98.8 Å². The Balaban J connectivity index is 1.32. The maximum absolute atomic E-state index is 13.5. The van der Waals surface area contributed by atoms with Crippen LogP contribution in [-0.2, 0) is 30.3 Å². The summed E-state index contributed by atoms with van der Waals surface area (Å²) in [5.41, 5.74) is 1.75. The number of nitrogens with zero attached hydrogens (tertiary/aromatic N) is 1. The van der Waals surface area contributed by atoms with Gasteiger partial charge in [0.2, 0.25) is 6.10 Å². The molecular weight excluding hydrogens is 486 g/mol. The Labute approximate surface area is 222 Å². The highest BCUT2D eigenvalue weighted by atomic mass is 16.8. The van der Waals surface area contributed by atoms with E-state index in [4.69, 9.17) is 28.4 Å². The minimum absolute atomic E-state index is 0.159. The molecule has 0 radical (unpaired) electrons. The molecule has 0 bridgehead atoms. The summed E-state index contributed by atoms with van der Waals surface area (Å²) in [6.07, 6.45) is -2.90. The molecule has 6 rings (SSSR count). The van der Waals surface area contributed by atoms with Gasteiger partial charge in [0.1, 0.15) is 35.9 Å². The van der Waals surface area contributed by atoms with Gasteiger partial charge < -0.3 is 28.4 Å². The molecule has 0 N–H and O–H groups in total. The van der Waals surface area contributed by atoms with Crippen LogP contribution in [0.4, 0.5) is 5.69 Å². The van der Waals surface area contributed by atoms with Crippen LogP contribution < -0.4 is 14.4 Å². The summed E-state index contributed by atoms with van der Waals surface area (Å²) in [6.45, 7) is 4.08. The summed E-state index contributed by atoms with van der Waals surface area (Å²) in [4.78, 5) is 15.2. The first-order valence-corrected chi connectivity index (χ1v) is 12.8. The number of hydrogen-bond donors (Lipinski definition) is 0. The lowest BCUT2D eigenvalue weighted by atomic mass is 9.88. The van der Waals surface area contributed by atoms with Crippen molar-refractivity contribution in [1.82, 2.24) is 0 Å². The van der Waals surface area contributed by atoms with Gasteiger partial charge in [0.15, 0.2) is 12.1 Å². The maximum Gasteiger partial charge on any atom is 0.270 e. The number of benzene rings is 3. The Hall–Kier alpha value is -3.43. The monoisotopic (exact) mass is 517 g/mol. The fraction of sp³-hybridized carbons (Fsp3) is 0.367. The van der Waals surface area contributed by atoms with Crippen LogP contribution in [0, 0.1) is 0 Å². The minimum Gasteiger partial charge on any atom is -0.497 e. The number of fused-ring (bicyclic) bond motifs is 1. The van der Waals surface area contributed by atoms with Gasteiger partial charge in [-0.15, -0.1) is 0 Å². The van der Waals surface area contributed by atoms with Gasteiger partial charge >= 0.3 is 0 Å². The number of amides is 1. The van der Waals surface area contributed by atoms with Crippen molar-refractivity contribution in [2.75, 3.05) is 12.0 Å². The van der Waals surface area contributed by atoms with E-state index < -0.39 is 42.5 Å². The van der Waals surface area contributed by atoms with Crippen LogP contribution in [0.2, 0.25) is 0 Å². The zero-order valence-corrected chi connectivity index (χ0v) is 21.6. The minimum atomic E-state index is -0.806. The molecule has 3 aliphatic heterocycles. The first-order valence-electron chi connectivity index (χ1n) is 12.8. The van der Waals surface area contributed by atoms with Crippen LogP contribution in [0.15, 0.2) is 84.9 Å².